The average molecular weight is 284 g/mol. The van der Waals surface area contributed by atoms with E-state index in [1.165, 1.54) is 19.3 Å². The van der Waals surface area contributed by atoms with Crippen molar-refractivity contribution in [3.05, 3.63) is 0 Å². The molecule has 3 heteroatoms. The third kappa shape index (κ3) is 3.05. The fourth-order valence-electron chi connectivity index (χ4n) is 4.09. The van der Waals surface area contributed by atoms with Crippen LogP contribution < -0.4 is 0 Å². The summed E-state index contributed by atoms with van der Waals surface area (Å²) in [5.41, 5.74) is 1.08. The molecule has 0 radical (unpaired) electrons. The quantitative estimate of drug-likeness (QED) is 0.475. The molecule has 0 spiro atoms. The van der Waals surface area contributed by atoms with Gasteiger partial charge in [0.05, 0.1) is 6.61 Å². The summed E-state index contributed by atoms with van der Waals surface area (Å²) in [4.78, 5) is 0. The number of ether oxygens (including phenoxy) is 3. The van der Waals surface area contributed by atoms with Crippen LogP contribution >= 0.6 is 0 Å². The molecule has 2 rings (SSSR count). The van der Waals surface area contributed by atoms with Crippen LogP contribution in [0, 0.1) is 22.7 Å². The lowest BCUT2D eigenvalue weighted by Crippen LogP contribution is -2.29. The Bertz CT molecular complexity index is 309. The summed E-state index contributed by atoms with van der Waals surface area (Å²) in [6.07, 6.45) is 3.80. The summed E-state index contributed by atoms with van der Waals surface area (Å²) < 4.78 is 16.8. The highest BCUT2D eigenvalue weighted by molar-refractivity contribution is 5.15. The Balaban J connectivity index is 1.66. The van der Waals surface area contributed by atoms with E-state index in [2.05, 4.69) is 20.8 Å². The average Bonchev–Trinajstić information content (AvgIpc) is 3.01. The molecular formula is C17H32O3. The third-order valence-electron chi connectivity index (χ3n) is 6.04. The van der Waals surface area contributed by atoms with E-state index in [9.17, 15) is 0 Å². The second-order valence-corrected chi connectivity index (χ2v) is 7.18. The van der Waals surface area contributed by atoms with Gasteiger partial charge in [-0.05, 0) is 55.8 Å². The number of hydrogen-bond donors (Lipinski definition) is 0. The molecule has 2 fully saturated rings. The zero-order valence-corrected chi connectivity index (χ0v) is 13.9. The molecule has 2 aliphatic carbocycles. The molecule has 0 saturated heterocycles. The Morgan fingerprint density at radius 2 is 1.75 bits per heavy atom. The van der Waals surface area contributed by atoms with Gasteiger partial charge in [0.1, 0.15) is 0 Å². The highest BCUT2D eigenvalue weighted by atomic mass is 16.7. The maximum atomic E-state index is 5.79. The van der Waals surface area contributed by atoms with E-state index in [1.807, 2.05) is 13.8 Å². The molecule has 0 bridgehead atoms. The van der Waals surface area contributed by atoms with Gasteiger partial charge in [0.25, 0.3) is 0 Å². The van der Waals surface area contributed by atoms with Crippen LogP contribution in [0.15, 0.2) is 0 Å². The predicted molar refractivity (Wildman–Crippen MR) is 80.6 cm³/mol. The van der Waals surface area contributed by atoms with E-state index in [0.717, 1.165) is 18.4 Å². The smallest absolute Gasteiger partial charge is 0.180 e. The fourth-order valence-corrected chi connectivity index (χ4v) is 4.09. The predicted octanol–water partition coefficient (Wildman–Crippen LogP) is 3.86. The molecule has 0 aliphatic heterocycles. The van der Waals surface area contributed by atoms with E-state index < -0.39 is 0 Å². The molecule has 3 nitrogen and oxygen atoms in total. The Morgan fingerprint density at radius 3 is 2.25 bits per heavy atom. The lowest BCUT2D eigenvalue weighted by atomic mass is 9.70. The van der Waals surface area contributed by atoms with Gasteiger partial charge >= 0.3 is 0 Å². The minimum absolute atomic E-state index is 0.201. The highest BCUT2D eigenvalue weighted by Crippen LogP contribution is 2.74. The normalized spacial score (nSPS) is 34.5. The van der Waals surface area contributed by atoms with Gasteiger partial charge in [0, 0.05) is 19.8 Å². The Kier molecular flexibility index (Phi) is 5.14. The van der Waals surface area contributed by atoms with Gasteiger partial charge in [-0.15, -0.1) is 0 Å². The van der Waals surface area contributed by atoms with Crippen molar-refractivity contribution in [3.63, 3.8) is 0 Å². The topological polar surface area (TPSA) is 27.7 Å². The molecule has 2 aliphatic rings. The SMILES string of the molecule is CCOC(COCC[C@H]1CC2CC2(C)C1(C)C)OCC. The Hall–Kier alpha value is -0.120. The van der Waals surface area contributed by atoms with Gasteiger partial charge in [-0.1, -0.05) is 20.8 Å². The maximum Gasteiger partial charge on any atom is 0.180 e. The van der Waals surface area contributed by atoms with Crippen molar-refractivity contribution in [2.45, 2.75) is 60.2 Å². The van der Waals surface area contributed by atoms with Gasteiger partial charge in [-0.25, -0.2) is 0 Å². The van der Waals surface area contributed by atoms with Crippen molar-refractivity contribution in [1.82, 2.24) is 0 Å². The van der Waals surface area contributed by atoms with Gasteiger partial charge in [-0.2, -0.15) is 0 Å². The second-order valence-electron chi connectivity index (χ2n) is 7.18. The first-order valence-corrected chi connectivity index (χ1v) is 8.26. The van der Waals surface area contributed by atoms with Crippen molar-refractivity contribution in [2.75, 3.05) is 26.4 Å². The fraction of sp³-hybridized carbons (Fsp3) is 1.00. The van der Waals surface area contributed by atoms with E-state index in [4.69, 9.17) is 14.2 Å². The van der Waals surface area contributed by atoms with Crippen LogP contribution in [-0.4, -0.2) is 32.7 Å². The molecule has 118 valence electrons. The summed E-state index contributed by atoms with van der Waals surface area (Å²) in [6.45, 7) is 14.1. The molecule has 2 unspecified atom stereocenters. The van der Waals surface area contributed by atoms with E-state index in [0.29, 0.717) is 30.7 Å². The van der Waals surface area contributed by atoms with Crippen molar-refractivity contribution in [2.24, 2.45) is 22.7 Å². The molecule has 0 N–H and O–H groups in total. The molecule has 2 saturated carbocycles. The minimum Gasteiger partial charge on any atom is -0.376 e. The number of rotatable bonds is 9. The zero-order chi connectivity index (χ0) is 14.8. The van der Waals surface area contributed by atoms with E-state index in [-0.39, 0.29) is 6.29 Å². The highest BCUT2D eigenvalue weighted by Gasteiger charge is 2.66. The van der Waals surface area contributed by atoms with Crippen LogP contribution in [0.2, 0.25) is 0 Å². The van der Waals surface area contributed by atoms with Crippen LogP contribution in [0.1, 0.15) is 53.9 Å². The summed E-state index contributed by atoms with van der Waals surface area (Å²) in [7, 11) is 0. The summed E-state index contributed by atoms with van der Waals surface area (Å²) in [6, 6.07) is 0. The van der Waals surface area contributed by atoms with Crippen molar-refractivity contribution in [1.29, 1.82) is 0 Å². The van der Waals surface area contributed by atoms with Crippen molar-refractivity contribution < 1.29 is 14.2 Å². The summed E-state index contributed by atoms with van der Waals surface area (Å²) in [5, 5.41) is 0. The van der Waals surface area contributed by atoms with Crippen molar-refractivity contribution >= 4 is 0 Å². The van der Waals surface area contributed by atoms with Crippen molar-refractivity contribution in [3.8, 4) is 0 Å². The van der Waals surface area contributed by atoms with E-state index in [1.54, 1.807) is 0 Å². The molecule has 0 aromatic heterocycles. The second kappa shape index (κ2) is 6.33. The van der Waals surface area contributed by atoms with Gasteiger partial charge in [0.2, 0.25) is 0 Å². The van der Waals surface area contributed by atoms with Crippen LogP contribution in [0.5, 0.6) is 0 Å². The first kappa shape index (κ1) is 16.3. The largest absolute Gasteiger partial charge is 0.376 e. The van der Waals surface area contributed by atoms with Gasteiger partial charge in [-0.3, -0.25) is 0 Å². The van der Waals surface area contributed by atoms with Crippen LogP contribution in [-0.2, 0) is 14.2 Å². The monoisotopic (exact) mass is 284 g/mol. The molecule has 0 aromatic rings. The lowest BCUT2D eigenvalue weighted by Gasteiger charge is -2.35. The first-order valence-electron chi connectivity index (χ1n) is 8.26. The number of fused-ring (bicyclic) bond motifs is 1. The zero-order valence-electron chi connectivity index (χ0n) is 13.9. The standard InChI is InChI=1S/C17H32O3/c1-6-19-15(20-7-2)12-18-9-8-13-10-14-11-17(14,5)16(13,3)4/h13-15H,6-12H2,1-5H3/t13-,14?,17?/m0/s1. The van der Waals surface area contributed by atoms with Gasteiger partial charge in [0.15, 0.2) is 6.29 Å². The van der Waals surface area contributed by atoms with Gasteiger partial charge < -0.3 is 14.2 Å². The van der Waals surface area contributed by atoms with Crippen LogP contribution in [0.25, 0.3) is 0 Å². The molecule has 3 atom stereocenters. The number of hydrogen-bond acceptors (Lipinski definition) is 3. The third-order valence-corrected chi connectivity index (χ3v) is 6.04. The lowest BCUT2D eigenvalue weighted by molar-refractivity contribution is -0.168. The molecule has 0 aromatic carbocycles. The summed E-state index contributed by atoms with van der Waals surface area (Å²) >= 11 is 0. The maximum absolute atomic E-state index is 5.79. The summed E-state index contributed by atoms with van der Waals surface area (Å²) in [5.74, 6) is 1.78. The molecular weight excluding hydrogens is 252 g/mol. The van der Waals surface area contributed by atoms with E-state index >= 15 is 0 Å². The van der Waals surface area contributed by atoms with Crippen LogP contribution in [0.3, 0.4) is 0 Å². The van der Waals surface area contributed by atoms with Crippen LogP contribution in [0.4, 0.5) is 0 Å². The molecule has 20 heavy (non-hydrogen) atoms. The molecule has 0 amide bonds. The Labute approximate surface area is 124 Å². The minimum atomic E-state index is -0.201. The Morgan fingerprint density at radius 1 is 1.10 bits per heavy atom. The first-order chi connectivity index (χ1) is 9.45. The molecule has 0 heterocycles.